The summed E-state index contributed by atoms with van der Waals surface area (Å²) in [5.41, 5.74) is 0. The van der Waals surface area contributed by atoms with Crippen molar-refractivity contribution >= 4 is 34.1 Å². The Morgan fingerprint density at radius 2 is 1.92 bits per heavy atom. The Bertz CT molecular complexity index is 434. The van der Waals surface area contributed by atoms with Gasteiger partial charge in [-0.05, 0) is 12.1 Å². The van der Waals surface area contributed by atoms with Crippen molar-refractivity contribution in [3.63, 3.8) is 0 Å². The van der Waals surface area contributed by atoms with Crippen molar-refractivity contribution in [1.29, 1.82) is 0 Å². The molecule has 0 spiro atoms. The fraction of sp³-hybridized carbons (Fsp3) is 0. The lowest BCUT2D eigenvalue weighted by molar-refractivity contribution is 0.477. The van der Waals surface area contributed by atoms with Crippen LogP contribution in [-0.4, -0.2) is 10.2 Å². The van der Waals surface area contributed by atoms with Gasteiger partial charge >= 0.3 is 0 Å². The van der Waals surface area contributed by atoms with Crippen LogP contribution in [0.5, 0.6) is 11.5 Å². The Morgan fingerprint density at radius 1 is 1.17 bits per heavy atom. The standard InChI is InChI=1S/C8H6O2S2/c9-6-2-4(11)1-5-7(10)3-12-8(5)6/h1-3,9-11H. The summed E-state index contributed by atoms with van der Waals surface area (Å²) in [5, 5.41) is 21.0. The minimum Gasteiger partial charge on any atom is -0.506 e. The molecular formula is C8H6O2S2. The highest BCUT2D eigenvalue weighted by molar-refractivity contribution is 7.80. The second-order valence-electron chi connectivity index (χ2n) is 2.46. The molecule has 62 valence electrons. The molecule has 1 aromatic carbocycles. The highest BCUT2D eigenvalue weighted by Gasteiger charge is 2.06. The lowest BCUT2D eigenvalue weighted by atomic mass is 10.2. The molecule has 0 aliphatic carbocycles. The van der Waals surface area contributed by atoms with E-state index in [0.29, 0.717) is 15.0 Å². The van der Waals surface area contributed by atoms with E-state index >= 15 is 0 Å². The molecule has 0 atom stereocenters. The molecule has 12 heavy (non-hydrogen) atoms. The minimum absolute atomic E-state index is 0.169. The molecule has 2 nitrogen and oxygen atoms in total. The molecule has 0 unspecified atom stereocenters. The van der Waals surface area contributed by atoms with Gasteiger partial charge in [-0.1, -0.05) is 0 Å². The maximum absolute atomic E-state index is 9.42. The second kappa shape index (κ2) is 2.57. The number of thiophene rings is 1. The first-order chi connectivity index (χ1) is 5.68. The van der Waals surface area contributed by atoms with Crippen molar-refractivity contribution in [2.24, 2.45) is 0 Å². The summed E-state index contributed by atoms with van der Waals surface area (Å²) >= 11 is 5.40. The van der Waals surface area contributed by atoms with E-state index in [4.69, 9.17) is 0 Å². The quantitative estimate of drug-likeness (QED) is 0.569. The average molecular weight is 198 g/mol. The van der Waals surface area contributed by atoms with Gasteiger partial charge in [-0.15, -0.1) is 24.0 Å². The van der Waals surface area contributed by atoms with E-state index < -0.39 is 0 Å². The van der Waals surface area contributed by atoms with Crippen LogP contribution in [0, 0.1) is 0 Å². The molecule has 0 bridgehead atoms. The molecule has 0 radical (unpaired) electrons. The Labute approximate surface area is 78.5 Å². The number of phenolic OH excluding ortho intramolecular Hbond substituents is 1. The number of hydrogen-bond donors (Lipinski definition) is 3. The van der Waals surface area contributed by atoms with Crippen LogP contribution in [0.3, 0.4) is 0 Å². The third-order valence-corrected chi connectivity index (χ3v) is 2.88. The van der Waals surface area contributed by atoms with Crippen LogP contribution in [0.4, 0.5) is 0 Å². The van der Waals surface area contributed by atoms with Crippen LogP contribution >= 0.6 is 24.0 Å². The van der Waals surface area contributed by atoms with E-state index in [1.165, 1.54) is 11.3 Å². The molecule has 0 fully saturated rings. The predicted octanol–water partition coefficient (Wildman–Crippen LogP) is 2.60. The lowest BCUT2D eigenvalue weighted by Crippen LogP contribution is -1.68. The molecule has 1 aromatic heterocycles. The summed E-state index contributed by atoms with van der Waals surface area (Å²) in [6.45, 7) is 0. The molecule has 0 amide bonds. The normalized spacial score (nSPS) is 10.8. The highest BCUT2D eigenvalue weighted by Crippen LogP contribution is 2.38. The van der Waals surface area contributed by atoms with E-state index in [2.05, 4.69) is 12.6 Å². The first-order valence-corrected chi connectivity index (χ1v) is 4.63. The number of fused-ring (bicyclic) bond motifs is 1. The topological polar surface area (TPSA) is 40.5 Å². The maximum Gasteiger partial charge on any atom is 0.134 e. The zero-order valence-electron chi connectivity index (χ0n) is 5.98. The fourth-order valence-electron chi connectivity index (χ4n) is 1.09. The number of benzene rings is 1. The van der Waals surface area contributed by atoms with Crippen molar-refractivity contribution in [2.45, 2.75) is 4.90 Å². The summed E-state index contributed by atoms with van der Waals surface area (Å²) < 4.78 is 0.699. The van der Waals surface area contributed by atoms with E-state index in [-0.39, 0.29) is 11.5 Å². The van der Waals surface area contributed by atoms with Crippen molar-refractivity contribution in [3.05, 3.63) is 17.5 Å². The van der Waals surface area contributed by atoms with E-state index in [1.54, 1.807) is 17.5 Å². The summed E-state index contributed by atoms with van der Waals surface area (Å²) in [7, 11) is 0. The van der Waals surface area contributed by atoms with Crippen LogP contribution in [0.1, 0.15) is 0 Å². The molecule has 2 N–H and O–H groups in total. The van der Waals surface area contributed by atoms with Gasteiger partial charge in [0.25, 0.3) is 0 Å². The van der Waals surface area contributed by atoms with Gasteiger partial charge in [0.2, 0.25) is 0 Å². The largest absolute Gasteiger partial charge is 0.506 e. The zero-order valence-corrected chi connectivity index (χ0v) is 7.69. The lowest BCUT2D eigenvalue weighted by Gasteiger charge is -1.96. The van der Waals surface area contributed by atoms with Gasteiger partial charge in [-0.2, -0.15) is 0 Å². The number of thiol groups is 1. The van der Waals surface area contributed by atoms with E-state index in [9.17, 15) is 10.2 Å². The molecule has 2 rings (SSSR count). The molecule has 1 heterocycles. The number of aromatic hydroxyl groups is 2. The Kier molecular flexibility index (Phi) is 1.66. The maximum atomic E-state index is 9.42. The van der Waals surface area contributed by atoms with Crippen LogP contribution in [0.2, 0.25) is 0 Å². The van der Waals surface area contributed by atoms with Gasteiger partial charge in [-0.25, -0.2) is 0 Å². The van der Waals surface area contributed by atoms with Crippen molar-refractivity contribution < 1.29 is 10.2 Å². The number of hydrogen-bond acceptors (Lipinski definition) is 4. The summed E-state index contributed by atoms with van der Waals surface area (Å²) in [6.07, 6.45) is 0. The van der Waals surface area contributed by atoms with E-state index in [0.717, 1.165) is 0 Å². The molecule has 4 heteroatoms. The summed E-state index contributed by atoms with van der Waals surface area (Å²) in [6, 6.07) is 3.28. The van der Waals surface area contributed by atoms with Crippen molar-refractivity contribution in [2.75, 3.05) is 0 Å². The first-order valence-electron chi connectivity index (χ1n) is 3.30. The molecule has 0 aliphatic rings. The van der Waals surface area contributed by atoms with E-state index in [1.807, 2.05) is 0 Å². The SMILES string of the molecule is Oc1csc2c(O)cc(S)cc12. The van der Waals surface area contributed by atoms with Gasteiger partial charge in [0.05, 0.1) is 4.70 Å². The molecule has 0 saturated carbocycles. The highest BCUT2D eigenvalue weighted by atomic mass is 32.1. The fourth-order valence-corrected chi connectivity index (χ4v) is 2.17. The predicted molar refractivity (Wildman–Crippen MR) is 52.4 cm³/mol. The van der Waals surface area contributed by atoms with Crippen molar-refractivity contribution in [1.82, 2.24) is 0 Å². The molecule has 0 saturated heterocycles. The first kappa shape index (κ1) is 7.76. The van der Waals surface area contributed by atoms with Crippen LogP contribution in [-0.2, 0) is 0 Å². The number of phenols is 1. The third-order valence-electron chi connectivity index (χ3n) is 1.62. The van der Waals surface area contributed by atoms with Crippen molar-refractivity contribution in [3.8, 4) is 11.5 Å². The van der Waals surface area contributed by atoms with Gasteiger partial charge in [0.15, 0.2) is 0 Å². The zero-order chi connectivity index (χ0) is 8.72. The van der Waals surface area contributed by atoms with Gasteiger partial charge in [0, 0.05) is 15.7 Å². The Morgan fingerprint density at radius 3 is 2.67 bits per heavy atom. The third kappa shape index (κ3) is 1.04. The smallest absolute Gasteiger partial charge is 0.134 e. The summed E-state index contributed by atoms with van der Waals surface area (Å²) in [4.78, 5) is 0.647. The van der Waals surface area contributed by atoms with Crippen LogP contribution in [0.15, 0.2) is 22.4 Å². The molecule has 2 aromatic rings. The average Bonchev–Trinajstić information content (AvgIpc) is 2.33. The Balaban J connectivity index is 2.92. The Hall–Kier alpha value is -0.870. The summed E-state index contributed by atoms with van der Waals surface area (Å²) in [5.74, 6) is 0.365. The van der Waals surface area contributed by atoms with Crippen LogP contribution in [0.25, 0.3) is 10.1 Å². The molecular weight excluding hydrogens is 192 g/mol. The van der Waals surface area contributed by atoms with Gasteiger partial charge < -0.3 is 10.2 Å². The van der Waals surface area contributed by atoms with Gasteiger partial charge in [0.1, 0.15) is 11.5 Å². The minimum atomic E-state index is 0.169. The second-order valence-corrected chi connectivity index (χ2v) is 3.86. The van der Waals surface area contributed by atoms with Crippen LogP contribution < -0.4 is 0 Å². The monoisotopic (exact) mass is 198 g/mol. The molecule has 0 aliphatic heterocycles. The number of rotatable bonds is 0. The van der Waals surface area contributed by atoms with Gasteiger partial charge in [-0.3, -0.25) is 0 Å².